The van der Waals surface area contributed by atoms with Crippen molar-refractivity contribution in [1.29, 1.82) is 0 Å². The molecule has 1 aromatic rings. The normalized spacial score (nSPS) is 27.9. The maximum atomic E-state index is 12.2. The average Bonchev–Trinajstić information content (AvgIpc) is 3.47. The molecule has 1 aliphatic heterocycles. The highest BCUT2D eigenvalue weighted by Gasteiger charge is 2.40. The number of hydrogen-bond donors (Lipinski definition) is 1. The van der Waals surface area contributed by atoms with E-state index in [2.05, 4.69) is 41.4 Å². The fourth-order valence-corrected chi connectivity index (χ4v) is 5.37. The summed E-state index contributed by atoms with van der Waals surface area (Å²) in [5, 5.41) is 3.31. The number of hydrogen-bond acceptors (Lipinski definition) is 3. The van der Waals surface area contributed by atoms with Gasteiger partial charge in [0.1, 0.15) is 5.75 Å². The molecule has 2 saturated carbocycles. The van der Waals surface area contributed by atoms with Crippen molar-refractivity contribution in [2.75, 3.05) is 26.7 Å². The van der Waals surface area contributed by atoms with Gasteiger partial charge in [0, 0.05) is 37.0 Å². The Hall–Kier alpha value is -1.55. The molecule has 0 aromatic heterocycles. The summed E-state index contributed by atoms with van der Waals surface area (Å²) in [6, 6.07) is 9.18. The van der Waals surface area contributed by atoms with Crippen LogP contribution >= 0.6 is 0 Å². The minimum atomic E-state index is 0.282. The lowest BCUT2D eigenvalue weighted by Gasteiger charge is -2.44. The van der Waals surface area contributed by atoms with Gasteiger partial charge in [-0.1, -0.05) is 38.3 Å². The van der Waals surface area contributed by atoms with Gasteiger partial charge in [0.05, 0.1) is 7.11 Å². The van der Waals surface area contributed by atoms with Crippen molar-refractivity contribution in [1.82, 2.24) is 10.2 Å². The van der Waals surface area contributed by atoms with E-state index < -0.39 is 0 Å². The molecule has 1 N–H and O–H groups in total. The third kappa shape index (κ3) is 4.37. The van der Waals surface area contributed by atoms with E-state index >= 15 is 0 Å². The minimum Gasteiger partial charge on any atom is -0.497 e. The molecule has 154 valence electrons. The number of carbonyl (C=O) groups is 1. The molecule has 2 aliphatic carbocycles. The average molecular weight is 385 g/mol. The molecule has 0 spiro atoms. The lowest BCUT2D eigenvalue weighted by molar-refractivity contribution is -0.123. The van der Waals surface area contributed by atoms with E-state index in [-0.39, 0.29) is 5.41 Å². The number of rotatable bonds is 6. The fraction of sp³-hybridized carbons (Fsp3) is 0.708. The maximum Gasteiger partial charge on any atom is 0.223 e. The summed E-state index contributed by atoms with van der Waals surface area (Å²) >= 11 is 0. The number of benzene rings is 1. The second-order valence-corrected chi connectivity index (χ2v) is 9.45. The van der Waals surface area contributed by atoms with Crippen LogP contribution in [0.5, 0.6) is 5.75 Å². The summed E-state index contributed by atoms with van der Waals surface area (Å²) < 4.78 is 5.37. The molecule has 2 atom stereocenters. The molecule has 4 rings (SSSR count). The third-order valence-electron chi connectivity index (χ3n) is 7.42. The fourth-order valence-electron chi connectivity index (χ4n) is 5.37. The number of nitrogens with zero attached hydrogens (tertiary/aromatic N) is 1. The summed E-state index contributed by atoms with van der Waals surface area (Å²) in [4.78, 5) is 14.9. The van der Waals surface area contributed by atoms with Gasteiger partial charge in [0.15, 0.2) is 0 Å². The van der Waals surface area contributed by atoms with Crippen LogP contribution in [-0.4, -0.2) is 43.6 Å². The number of piperidine rings is 1. The van der Waals surface area contributed by atoms with Gasteiger partial charge < -0.3 is 15.0 Å². The largest absolute Gasteiger partial charge is 0.497 e. The number of amides is 1. The van der Waals surface area contributed by atoms with Crippen LogP contribution in [0.15, 0.2) is 24.3 Å². The Bertz CT molecular complexity index is 658. The summed E-state index contributed by atoms with van der Waals surface area (Å²) in [5.41, 5.74) is 1.76. The van der Waals surface area contributed by atoms with Crippen molar-refractivity contribution in [2.24, 2.45) is 11.8 Å². The first kappa shape index (κ1) is 19.8. The molecule has 1 heterocycles. The monoisotopic (exact) mass is 384 g/mol. The van der Waals surface area contributed by atoms with E-state index in [4.69, 9.17) is 4.74 Å². The van der Waals surface area contributed by atoms with Gasteiger partial charge in [0.2, 0.25) is 5.91 Å². The van der Waals surface area contributed by atoms with Crippen LogP contribution in [0.25, 0.3) is 0 Å². The van der Waals surface area contributed by atoms with E-state index in [1.807, 2.05) is 0 Å². The molecule has 4 heteroatoms. The van der Waals surface area contributed by atoms with Crippen LogP contribution in [-0.2, 0) is 10.2 Å². The van der Waals surface area contributed by atoms with Crippen LogP contribution in [0.2, 0.25) is 0 Å². The molecule has 3 fully saturated rings. The zero-order valence-electron chi connectivity index (χ0n) is 17.6. The first-order chi connectivity index (χ1) is 13.6. The molecule has 28 heavy (non-hydrogen) atoms. The second kappa shape index (κ2) is 8.44. The highest BCUT2D eigenvalue weighted by Crippen LogP contribution is 2.41. The maximum absolute atomic E-state index is 12.2. The van der Waals surface area contributed by atoms with Crippen LogP contribution in [0.1, 0.15) is 63.9 Å². The Morgan fingerprint density at radius 2 is 1.79 bits per heavy atom. The number of nitrogens with one attached hydrogen (secondary N) is 1. The summed E-state index contributed by atoms with van der Waals surface area (Å²) in [6.45, 7) is 5.53. The van der Waals surface area contributed by atoms with Crippen molar-refractivity contribution in [2.45, 2.75) is 69.7 Å². The van der Waals surface area contributed by atoms with Crippen LogP contribution < -0.4 is 10.1 Å². The molecular formula is C24H36N2O2. The van der Waals surface area contributed by atoms with Gasteiger partial charge >= 0.3 is 0 Å². The Morgan fingerprint density at radius 3 is 2.36 bits per heavy atom. The molecule has 0 bridgehead atoms. The molecule has 3 aliphatic rings. The predicted octanol–water partition coefficient (Wildman–Crippen LogP) is 4.13. The van der Waals surface area contributed by atoms with E-state index in [0.29, 0.717) is 23.8 Å². The third-order valence-corrected chi connectivity index (χ3v) is 7.42. The number of ether oxygens (including phenoxy) is 1. The number of carbonyl (C=O) groups excluding carboxylic acids is 1. The van der Waals surface area contributed by atoms with E-state index in [1.165, 1.54) is 37.7 Å². The molecule has 1 aromatic carbocycles. The summed E-state index contributed by atoms with van der Waals surface area (Å²) in [6.07, 6.45) is 9.86. The van der Waals surface area contributed by atoms with Gasteiger partial charge in [-0.2, -0.15) is 0 Å². The van der Waals surface area contributed by atoms with Gasteiger partial charge in [-0.15, -0.1) is 0 Å². The first-order valence-corrected chi connectivity index (χ1v) is 11.3. The zero-order chi connectivity index (χ0) is 19.6. The standard InChI is InChI=1S/C24H36N2O2/c1-18-16-22(18)23(27)25-20-10-14-26(15-11-20)17-24(12-4-3-5-13-24)19-6-8-21(28-2)9-7-19/h6-9,18,20,22H,3-5,10-17H2,1-2H3,(H,25,27)/t18-,22-/m0/s1. The SMILES string of the molecule is COc1ccc(C2(CN3CCC(NC(=O)[C@H]4C[C@@H]4C)CC3)CCCCC2)cc1. The van der Waals surface area contributed by atoms with E-state index in [9.17, 15) is 4.79 Å². The van der Waals surface area contributed by atoms with Crippen LogP contribution in [0.3, 0.4) is 0 Å². The molecule has 0 unspecified atom stereocenters. The van der Waals surface area contributed by atoms with Crippen molar-refractivity contribution in [3.05, 3.63) is 29.8 Å². The van der Waals surface area contributed by atoms with E-state index in [1.54, 1.807) is 7.11 Å². The highest BCUT2D eigenvalue weighted by atomic mass is 16.5. The number of methoxy groups -OCH3 is 1. The highest BCUT2D eigenvalue weighted by molar-refractivity contribution is 5.81. The van der Waals surface area contributed by atoms with Gasteiger partial charge in [-0.25, -0.2) is 0 Å². The first-order valence-electron chi connectivity index (χ1n) is 11.3. The van der Waals surface area contributed by atoms with Crippen molar-refractivity contribution in [3.63, 3.8) is 0 Å². The van der Waals surface area contributed by atoms with Crippen molar-refractivity contribution >= 4 is 5.91 Å². The number of likely N-dealkylation sites (tertiary alicyclic amines) is 1. The molecular weight excluding hydrogens is 348 g/mol. The molecule has 1 amide bonds. The second-order valence-electron chi connectivity index (χ2n) is 9.45. The topological polar surface area (TPSA) is 41.6 Å². The Labute approximate surface area is 170 Å². The van der Waals surface area contributed by atoms with E-state index in [0.717, 1.165) is 44.6 Å². The Morgan fingerprint density at radius 1 is 1.14 bits per heavy atom. The molecule has 1 saturated heterocycles. The van der Waals surface area contributed by atoms with Gasteiger partial charge in [-0.05, 0) is 55.7 Å². The molecule has 0 radical (unpaired) electrons. The minimum absolute atomic E-state index is 0.282. The summed E-state index contributed by atoms with van der Waals surface area (Å²) in [7, 11) is 1.73. The zero-order valence-corrected chi connectivity index (χ0v) is 17.6. The lowest BCUT2D eigenvalue weighted by Crippen LogP contribution is -2.49. The van der Waals surface area contributed by atoms with Crippen molar-refractivity contribution < 1.29 is 9.53 Å². The Kier molecular flexibility index (Phi) is 5.96. The lowest BCUT2D eigenvalue weighted by atomic mass is 9.69. The molecule has 4 nitrogen and oxygen atoms in total. The quantitative estimate of drug-likeness (QED) is 0.802. The van der Waals surface area contributed by atoms with Crippen LogP contribution in [0, 0.1) is 11.8 Å². The van der Waals surface area contributed by atoms with Crippen LogP contribution in [0.4, 0.5) is 0 Å². The summed E-state index contributed by atoms with van der Waals surface area (Å²) in [5.74, 6) is 2.12. The van der Waals surface area contributed by atoms with Crippen molar-refractivity contribution in [3.8, 4) is 5.75 Å². The Balaban J connectivity index is 1.36. The smallest absolute Gasteiger partial charge is 0.223 e. The van der Waals surface area contributed by atoms with Gasteiger partial charge in [0.25, 0.3) is 0 Å². The predicted molar refractivity (Wildman–Crippen MR) is 113 cm³/mol. The van der Waals surface area contributed by atoms with Gasteiger partial charge in [-0.3, -0.25) is 4.79 Å².